The second-order valence-electron chi connectivity index (χ2n) is 4.14. The molecule has 1 aliphatic rings. The minimum atomic E-state index is 0.0572. The maximum atomic E-state index is 12.1. The first-order chi connectivity index (χ1) is 8.11. The Bertz CT molecular complexity index is 366. The summed E-state index contributed by atoms with van der Waals surface area (Å²) in [5.74, 6) is 0. The molecule has 0 bridgehead atoms. The lowest BCUT2D eigenvalue weighted by Crippen LogP contribution is -2.35. The van der Waals surface area contributed by atoms with Crippen molar-refractivity contribution in [1.82, 2.24) is 9.80 Å². The number of amides is 2. The van der Waals surface area contributed by atoms with Crippen LogP contribution in [0.25, 0.3) is 0 Å². The molecule has 17 heavy (non-hydrogen) atoms. The number of allylic oxidation sites excluding steroid dienone is 5. The molecule has 0 aromatic carbocycles. The molecule has 0 unspecified atom stereocenters. The number of rotatable bonds is 5. The SMILES string of the molecule is C=C/C=C\C(=C/C=C)N1CCN(C(C)C)C1=O. The van der Waals surface area contributed by atoms with E-state index in [9.17, 15) is 4.79 Å². The molecule has 3 heteroatoms. The molecule has 0 saturated carbocycles. The molecular weight excluding hydrogens is 212 g/mol. The zero-order valence-electron chi connectivity index (χ0n) is 10.6. The van der Waals surface area contributed by atoms with Gasteiger partial charge < -0.3 is 4.90 Å². The Balaban J connectivity index is 2.88. The Kier molecular flexibility index (Phi) is 4.76. The van der Waals surface area contributed by atoms with Crippen molar-refractivity contribution in [2.45, 2.75) is 19.9 Å². The van der Waals surface area contributed by atoms with Crippen molar-refractivity contribution in [3.8, 4) is 0 Å². The molecule has 1 saturated heterocycles. The summed E-state index contributed by atoms with van der Waals surface area (Å²) in [5, 5.41) is 0. The maximum absolute atomic E-state index is 12.1. The summed E-state index contributed by atoms with van der Waals surface area (Å²) in [6, 6.07) is 0.294. The fourth-order valence-electron chi connectivity index (χ4n) is 1.80. The Hall–Kier alpha value is -1.77. The van der Waals surface area contributed by atoms with E-state index in [1.807, 2.05) is 37.0 Å². The first-order valence-electron chi connectivity index (χ1n) is 5.81. The molecule has 1 aliphatic heterocycles. The zero-order chi connectivity index (χ0) is 12.8. The van der Waals surface area contributed by atoms with E-state index in [1.165, 1.54) is 0 Å². The van der Waals surface area contributed by atoms with E-state index in [0.717, 1.165) is 18.8 Å². The molecule has 0 atom stereocenters. The summed E-state index contributed by atoms with van der Waals surface area (Å²) < 4.78 is 0. The molecule has 2 amide bonds. The first kappa shape index (κ1) is 13.3. The van der Waals surface area contributed by atoms with Crippen molar-refractivity contribution in [3.63, 3.8) is 0 Å². The smallest absolute Gasteiger partial charge is 0.320 e. The number of hydrogen-bond donors (Lipinski definition) is 0. The lowest BCUT2D eigenvalue weighted by molar-refractivity contribution is 0.191. The summed E-state index contributed by atoms with van der Waals surface area (Å²) in [4.78, 5) is 15.8. The maximum Gasteiger partial charge on any atom is 0.324 e. The third-order valence-corrected chi connectivity index (χ3v) is 2.67. The highest BCUT2D eigenvalue weighted by molar-refractivity contribution is 5.79. The van der Waals surface area contributed by atoms with Crippen LogP contribution in [0.4, 0.5) is 4.79 Å². The highest BCUT2D eigenvalue weighted by Crippen LogP contribution is 2.18. The van der Waals surface area contributed by atoms with Gasteiger partial charge in [0.1, 0.15) is 0 Å². The molecule has 92 valence electrons. The third-order valence-electron chi connectivity index (χ3n) is 2.67. The highest BCUT2D eigenvalue weighted by atomic mass is 16.2. The molecule has 0 spiro atoms. The quantitative estimate of drug-likeness (QED) is 0.668. The van der Waals surface area contributed by atoms with E-state index in [0.29, 0.717) is 0 Å². The van der Waals surface area contributed by atoms with E-state index < -0.39 is 0 Å². The van der Waals surface area contributed by atoms with Crippen molar-refractivity contribution in [3.05, 3.63) is 49.2 Å². The molecular formula is C14H20N2O. The van der Waals surface area contributed by atoms with Gasteiger partial charge in [-0.3, -0.25) is 4.90 Å². The second kappa shape index (κ2) is 6.09. The number of carbonyl (C=O) groups is 1. The molecule has 3 nitrogen and oxygen atoms in total. The van der Waals surface area contributed by atoms with Crippen LogP contribution in [0.2, 0.25) is 0 Å². The molecule has 1 rings (SSSR count). The van der Waals surface area contributed by atoms with Gasteiger partial charge in [0.05, 0.1) is 0 Å². The molecule has 0 aromatic heterocycles. The van der Waals surface area contributed by atoms with Crippen molar-refractivity contribution < 1.29 is 4.79 Å². The van der Waals surface area contributed by atoms with Gasteiger partial charge in [0.25, 0.3) is 0 Å². The predicted octanol–water partition coefficient (Wildman–Crippen LogP) is 2.94. The van der Waals surface area contributed by atoms with Gasteiger partial charge in [-0.25, -0.2) is 4.79 Å². The fraction of sp³-hybridized carbons (Fsp3) is 0.357. The summed E-state index contributed by atoms with van der Waals surface area (Å²) in [6.45, 7) is 12.8. The van der Waals surface area contributed by atoms with Crippen molar-refractivity contribution >= 4 is 6.03 Å². The average Bonchev–Trinajstić information content (AvgIpc) is 2.66. The van der Waals surface area contributed by atoms with Crippen molar-refractivity contribution in [2.24, 2.45) is 0 Å². The molecule has 1 fully saturated rings. The Labute approximate surface area is 103 Å². The minimum absolute atomic E-state index is 0.0572. The lowest BCUT2D eigenvalue weighted by atomic mass is 10.3. The van der Waals surface area contributed by atoms with Crippen LogP contribution in [0.5, 0.6) is 0 Å². The van der Waals surface area contributed by atoms with Crippen molar-refractivity contribution in [2.75, 3.05) is 13.1 Å². The third kappa shape index (κ3) is 3.09. The molecule has 0 aliphatic carbocycles. The van der Waals surface area contributed by atoms with Crippen molar-refractivity contribution in [1.29, 1.82) is 0 Å². The molecule has 0 radical (unpaired) electrons. The van der Waals surface area contributed by atoms with E-state index in [1.54, 1.807) is 17.1 Å². The number of urea groups is 1. The normalized spacial score (nSPS) is 17.4. The summed E-state index contributed by atoms with van der Waals surface area (Å²) >= 11 is 0. The van der Waals surface area contributed by atoms with E-state index in [-0.39, 0.29) is 12.1 Å². The van der Waals surface area contributed by atoms with Gasteiger partial charge in [-0.15, -0.1) is 0 Å². The van der Waals surface area contributed by atoms with Crippen LogP contribution < -0.4 is 0 Å². The van der Waals surface area contributed by atoms with E-state index in [2.05, 4.69) is 13.2 Å². The predicted molar refractivity (Wildman–Crippen MR) is 71.6 cm³/mol. The minimum Gasteiger partial charge on any atom is -0.320 e. The molecule has 0 N–H and O–H groups in total. The van der Waals surface area contributed by atoms with Crippen LogP contribution in [0, 0.1) is 0 Å². The summed E-state index contributed by atoms with van der Waals surface area (Å²) in [7, 11) is 0. The van der Waals surface area contributed by atoms with Gasteiger partial charge in [-0.2, -0.15) is 0 Å². The molecule has 1 heterocycles. The largest absolute Gasteiger partial charge is 0.324 e. The first-order valence-corrected chi connectivity index (χ1v) is 5.81. The average molecular weight is 232 g/mol. The van der Waals surface area contributed by atoms with Gasteiger partial charge in [0.15, 0.2) is 0 Å². The lowest BCUT2D eigenvalue weighted by Gasteiger charge is -2.22. The summed E-state index contributed by atoms with van der Waals surface area (Å²) in [5.41, 5.74) is 0.855. The Morgan fingerprint density at radius 1 is 1.29 bits per heavy atom. The monoisotopic (exact) mass is 232 g/mol. The van der Waals surface area contributed by atoms with E-state index in [4.69, 9.17) is 0 Å². The topological polar surface area (TPSA) is 23.6 Å². The number of hydrogen-bond acceptors (Lipinski definition) is 1. The van der Waals surface area contributed by atoms with Crippen LogP contribution in [0.3, 0.4) is 0 Å². The highest BCUT2D eigenvalue weighted by Gasteiger charge is 2.31. The van der Waals surface area contributed by atoms with Gasteiger partial charge in [0.2, 0.25) is 0 Å². The van der Waals surface area contributed by atoms with Crippen LogP contribution in [-0.2, 0) is 0 Å². The van der Waals surface area contributed by atoms with Crippen LogP contribution >= 0.6 is 0 Å². The summed E-state index contributed by atoms with van der Waals surface area (Å²) in [6.07, 6.45) is 8.91. The number of nitrogens with zero attached hydrogens (tertiary/aromatic N) is 2. The van der Waals surface area contributed by atoms with Gasteiger partial charge in [-0.05, 0) is 26.0 Å². The van der Waals surface area contributed by atoms with Gasteiger partial charge >= 0.3 is 6.03 Å². The van der Waals surface area contributed by atoms with Gasteiger partial charge in [0, 0.05) is 24.8 Å². The fourth-order valence-corrected chi connectivity index (χ4v) is 1.80. The Morgan fingerprint density at radius 2 is 2.00 bits per heavy atom. The zero-order valence-corrected chi connectivity index (χ0v) is 10.6. The van der Waals surface area contributed by atoms with Crippen LogP contribution in [0.1, 0.15) is 13.8 Å². The van der Waals surface area contributed by atoms with Crippen LogP contribution in [-0.4, -0.2) is 35.0 Å². The van der Waals surface area contributed by atoms with E-state index >= 15 is 0 Å². The second-order valence-corrected chi connectivity index (χ2v) is 4.14. The molecule has 0 aromatic rings. The Morgan fingerprint density at radius 3 is 2.47 bits per heavy atom. The number of carbonyl (C=O) groups excluding carboxylic acids is 1. The standard InChI is InChI=1S/C14H20N2O/c1-5-7-9-13(8-6-2)16-11-10-15(12(3)4)14(16)17/h5-9,12H,1-2,10-11H2,3-4H3/b9-7-,13-8+. The van der Waals surface area contributed by atoms with Crippen LogP contribution in [0.15, 0.2) is 49.2 Å². The van der Waals surface area contributed by atoms with Gasteiger partial charge in [-0.1, -0.05) is 31.4 Å².